The summed E-state index contributed by atoms with van der Waals surface area (Å²) in [6.07, 6.45) is 4.89. The number of aryl methyl sites for hydroxylation is 2. The van der Waals surface area contributed by atoms with Crippen LogP contribution in [0, 0.1) is 13.8 Å². The molecule has 1 saturated heterocycles. The molecule has 11 heteroatoms. The number of ether oxygens (including phenoxy) is 1. The van der Waals surface area contributed by atoms with Crippen LogP contribution < -0.4 is 9.64 Å². The third-order valence-corrected chi connectivity index (χ3v) is 10.8. The first-order valence-corrected chi connectivity index (χ1v) is 15.1. The first kappa shape index (κ1) is 24.6. The minimum Gasteiger partial charge on any atom is -0.488 e. The smallest absolute Gasteiger partial charge is 0.216 e. The molecule has 0 unspecified atom stereocenters. The molecule has 7 rings (SSSR count). The van der Waals surface area contributed by atoms with Crippen LogP contribution >= 0.6 is 0 Å². The van der Waals surface area contributed by atoms with Crippen LogP contribution in [0.1, 0.15) is 48.9 Å². The number of imidazole rings is 1. The fraction of sp³-hybridized carbons (Fsp3) is 0.464. The molecule has 39 heavy (non-hydrogen) atoms. The van der Waals surface area contributed by atoms with Gasteiger partial charge in [-0.15, -0.1) is 0 Å². The molecule has 1 aromatic carbocycles. The molecule has 2 aliphatic heterocycles. The highest BCUT2D eigenvalue weighted by atomic mass is 32.2. The van der Waals surface area contributed by atoms with Gasteiger partial charge in [0.25, 0.3) is 0 Å². The summed E-state index contributed by atoms with van der Waals surface area (Å²) in [6.45, 7) is 5.72. The van der Waals surface area contributed by atoms with Crippen LogP contribution in [-0.2, 0) is 10.0 Å². The van der Waals surface area contributed by atoms with Crippen molar-refractivity contribution in [2.45, 2.75) is 56.9 Å². The minimum atomic E-state index is -3.20. The third kappa shape index (κ3) is 3.93. The SMILES string of the molecule is Cc1noc(C)c1-c1ccc2nc(N3CCC(N(C)S(=O)(=O)C4CC4)CC3)n3c2c1OC[C@@H]3c1ccccn1. The predicted octanol–water partition coefficient (Wildman–Crippen LogP) is 4.08. The van der Waals surface area contributed by atoms with E-state index in [9.17, 15) is 8.42 Å². The molecular formula is C28H32N6O4S. The van der Waals surface area contributed by atoms with E-state index in [0.29, 0.717) is 6.61 Å². The number of piperidine rings is 1. The summed E-state index contributed by atoms with van der Waals surface area (Å²) in [4.78, 5) is 12.1. The maximum atomic E-state index is 12.8. The van der Waals surface area contributed by atoms with Crippen LogP contribution in [0.25, 0.3) is 22.2 Å². The van der Waals surface area contributed by atoms with Crippen LogP contribution in [0.15, 0.2) is 41.1 Å². The number of benzene rings is 1. The highest BCUT2D eigenvalue weighted by Gasteiger charge is 2.42. The lowest BCUT2D eigenvalue weighted by Gasteiger charge is -2.38. The van der Waals surface area contributed by atoms with Gasteiger partial charge in [-0.25, -0.2) is 17.7 Å². The van der Waals surface area contributed by atoms with Crippen molar-refractivity contribution in [2.75, 3.05) is 31.6 Å². The molecule has 1 saturated carbocycles. The molecule has 0 spiro atoms. The van der Waals surface area contributed by atoms with Crippen LogP contribution in [-0.4, -0.2) is 70.5 Å². The molecule has 3 aromatic heterocycles. The van der Waals surface area contributed by atoms with Gasteiger partial charge in [-0.3, -0.25) is 9.55 Å². The van der Waals surface area contributed by atoms with Gasteiger partial charge in [0.1, 0.15) is 23.9 Å². The van der Waals surface area contributed by atoms with E-state index in [1.807, 2.05) is 44.2 Å². The van der Waals surface area contributed by atoms with E-state index in [0.717, 1.165) is 89.8 Å². The molecule has 3 aliphatic rings. The highest BCUT2D eigenvalue weighted by Crippen LogP contribution is 2.46. The molecule has 0 bridgehead atoms. The lowest BCUT2D eigenvalue weighted by molar-refractivity contribution is 0.256. The molecule has 10 nitrogen and oxygen atoms in total. The van der Waals surface area contributed by atoms with Crippen molar-refractivity contribution in [1.82, 2.24) is 24.0 Å². The number of sulfonamides is 1. The minimum absolute atomic E-state index is 0.00853. The summed E-state index contributed by atoms with van der Waals surface area (Å²) < 4.78 is 41.6. The molecule has 0 N–H and O–H groups in total. The van der Waals surface area contributed by atoms with Gasteiger partial charge in [0.15, 0.2) is 5.75 Å². The summed E-state index contributed by atoms with van der Waals surface area (Å²) in [5, 5.41) is 3.98. The molecule has 1 aliphatic carbocycles. The van der Waals surface area contributed by atoms with Crippen molar-refractivity contribution >= 4 is 27.0 Å². The second kappa shape index (κ2) is 9.06. The number of rotatable bonds is 6. The first-order chi connectivity index (χ1) is 18.8. The summed E-state index contributed by atoms with van der Waals surface area (Å²) >= 11 is 0. The van der Waals surface area contributed by atoms with E-state index in [-0.39, 0.29) is 17.3 Å². The van der Waals surface area contributed by atoms with Crippen molar-refractivity contribution in [2.24, 2.45) is 0 Å². The number of nitrogens with zero attached hydrogens (tertiary/aromatic N) is 6. The Morgan fingerprint density at radius 1 is 1.05 bits per heavy atom. The number of anilines is 1. The number of hydrogen-bond donors (Lipinski definition) is 0. The fourth-order valence-corrected chi connectivity index (χ4v) is 7.97. The van der Waals surface area contributed by atoms with Gasteiger partial charge in [-0.1, -0.05) is 11.2 Å². The molecule has 1 atom stereocenters. The van der Waals surface area contributed by atoms with Gasteiger partial charge in [0, 0.05) is 37.9 Å². The zero-order chi connectivity index (χ0) is 26.9. The van der Waals surface area contributed by atoms with Crippen molar-refractivity contribution in [3.05, 3.63) is 53.7 Å². The Hall–Kier alpha value is -3.44. The van der Waals surface area contributed by atoms with Crippen LogP contribution in [0.4, 0.5) is 5.95 Å². The van der Waals surface area contributed by atoms with Crippen molar-refractivity contribution in [3.63, 3.8) is 0 Å². The Bertz CT molecular complexity index is 1630. The first-order valence-electron chi connectivity index (χ1n) is 13.6. The van der Waals surface area contributed by atoms with E-state index in [4.69, 9.17) is 14.2 Å². The average molecular weight is 549 g/mol. The van der Waals surface area contributed by atoms with Crippen LogP contribution in [0.5, 0.6) is 5.75 Å². The van der Waals surface area contributed by atoms with Crippen molar-refractivity contribution in [3.8, 4) is 16.9 Å². The molecule has 4 aromatic rings. The predicted molar refractivity (Wildman–Crippen MR) is 148 cm³/mol. The second-order valence-electron chi connectivity index (χ2n) is 10.9. The average Bonchev–Trinajstić information content (AvgIpc) is 3.69. The van der Waals surface area contributed by atoms with E-state index in [1.165, 1.54) is 0 Å². The fourth-order valence-electron chi connectivity index (χ4n) is 6.14. The highest BCUT2D eigenvalue weighted by molar-refractivity contribution is 7.90. The monoisotopic (exact) mass is 548 g/mol. The molecule has 5 heterocycles. The quantitative estimate of drug-likeness (QED) is 0.355. The van der Waals surface area contributed by atoms with Crippen LogP contribution in [0.3, 0.4) is 0 Å². The summed E-state index contributed by atoms with van der Waals surface area (Å²) in [7, 11) is -1.45. The van der Waals surface area contributed by atoms with Gasteiger partial charge in [0.2, 0.25) is 16.0 Å². The maximum Gasteiger partial charge on any atom is 0.216 e. The Balaban J connectivity index is 1.30. The summed E-state index contributed by atoms with van der Waals surface area (Å²) in [5.41, 5.74) is 5.40. The maximum absolute atomic E-state index is 12.8. The zero-order valence-corrected chi connectivity index (χ0v) is 23.2. The van der Waals surface area contributed by atoms with Gasteiger partial charge >= 0.3 is 0 Å². The number of aromatic nitrogens is 4. The van der Waals surface area contributed by atoms with E-state index < -0.39 is 10.0 Å². The van der Waals surface area contributed by atoms with E-state index >= 15 is 0 Å². The van der Waals surface area contributed by atoms with Gasteiger partial charge < -0.3 is 14.2 Å². The normalized spacial score (nSPS) is 20.1. The molecule has 2 fully saturated rings. The standard InChI is InChI=1S/C28H32N6O4S/c1-17-25(18(2)38-31-17)21-9-10-23-26-27(21)37-16-24(22-6-4-5-13-29-22)34(26)28(30-23)33-14-11-19(12-15-33)32(3)39(35,36)20-7-8-20/h4-6,9-10,13,19-20,24H,7-8,11-12,14-16H2,1-3H3/t24-/m1/s1. The van der Waals surface area contributed by atoms with E-state index in [2.05, 4.69) is 19.6 Å². The lowest BCUT2D eigenvalue weighted by Crippen LogP contribution is -2.47. The Morgan fingerprint density at radius 2 is 1.85 bits per heavy atom. The molecule has 0 amide bonds. The molecule has 204 valence electrons. The molecular weight excluding hydrogens is 516 g/mol. The van der Waals surface area contributed by atoms with Crippen molar-refractivity contribution in [1.29, 1.82) is 0 Å². The lowest BCUT2D eigenvalue weighted by atomic mass is 10.0. The zero-order valence-electron chi connectivity index (χ0n) is 22.4. The Labute approximate surface area is 227 Å². The number of pyridine rings is 1. The number of hydrogen-bond acceptors (Lipinski definition) is 8. The van der Waals surface area contributed by atoms with Crippen molar-refractivity contribution < 1.29 is 17.7 Å². The van der Waals surface area contributed by atoms with Gasteiger partial charge in [0.05, 0.1) is 27.7 Å². The second-order valence-corrected chi connectivity index (χ2v) is 13.1. The van der Waals surface area contributed by atoms with Crippen LogP contribution in [0.2, 0.25) is 0 Å². The summed E-state index contributed by atoms with van der Waals surface area (Å²) in [6, 6.07) is 9.87. The topological polar surface area (TPSA) is 107 Å². The van der Waals surface area contributed by atoms with Gasteiger partial charge in [-0.05, 0) is 63.8 Å². The van der Waals surface area contributed by atoms with E-state index in [1.54, 1.807) is 17.5 Å². The Kier molecular flexibility index (Phi) is 5.71. The third-order valence-electron chi connectivity index (χ3n) is 8.42. The molecule has 0 radical (unpaired) electrons. The van der Waals surface area contributed by atoms with Gasteiger partial charge in [-0.2, -0.15) is 0 Å². The largest absolute Gasteiger partial charge is 0.488 e. The Morgan fingerprint density at radius 3 is 2.51 bits per heavy atom. The summed E-state index contributed by atoms with van der Waals surface area (Å²) in [5.74, 6) is 2.39.